The molecule has 0 aliphatic carbocycles. The Labute approximate surface area is 144 Å². The Morgan fingerprint density at radius 1 is 1.08 bits per heavy atom. The number of benzene rings is 2. The van der Waals surface area contributed by atoms with E-state index in [9.17, 15) is 0 Å². The van der Waals surface area contributed by atoms with Crippen molar-refractivity contribution in [2.75, 3.05) is 20.3 Å². The summed E-state index contributed by atoms with van der Waals surface area (Å²) in [6.45, 7) is 3.73. The first-order valence-corrected chi connectivity index (χ1v) is 8.73. The van der Waals surface area contributed by atoms with Crippen molar-refractivity contribution in [1.82, 2.24) is 0 Å². The van der Waals surface area contributed by atoms with E-state index in [1.807, 2.05) is 6.07 Å². The van der Waals surface area contributed by atoms with Crippen LogP contribution in [-0.4, -0.2) is 26.0 Å². The Hall–Kier alpha value is -2.29. The van der Waals surface area contributed by atoms with E-state index in [4.69, 9.17) is 14.5 Å². The van der Waals surface area contributed by atoms with Crippen LogP contribution in [0.4, 0.5) is 0 Å². The van der Waals surface area contributed by atoms with Crippen molar-refractivity contribution in [3.8, 4) is 11.5 Å². The van der Waals surface area contributed by atoms with Gasteiger partial charge in [0.2, 0.25) is 0 Å². The van der Waals surface area contributed by atoms with Crippen molar-refractivity contribution in [3.05, 3.63) is 59.2 Å². The Morgan fingerprint density at radius 3 is 2.67 bits per heavy atom. The first-order valence-electron chi connectivity index (χ1n) is 8.73. The molecule has 0 aromatic heterocycles. The first-order chi connectivity index (χ1) is 11.8. The van der Waals surface area contributed by atoms with Gasteiger partial charge in [-0.2, -0.15) is 0 Å². The topological polar surface area (TPSA) is 30.8 Å². The minimum Gasteiger partial charge on any atom is -0.493 e. The van der Waals surface area contributed by atoms with Crippen LogP contribution in [0.2, 0.25) is 0 Å². The summed E-state index contributed by atoms with van der Waals surface area (Å²) >= 11 is 0. The number of fused-ring (bicyclic) bond motifs is 1. The molecule has 0 atom stereocenters. The summed E-state index contributed by atoms with van der Waals surface area (Å²) < 4.78 is 11.5. The van der Waals surface area contributed by atoms with Crippen LogP contribution < -0.4 is 9.47 Å². The fourth-order valence-electron chi connectivity index (χ4n) is 3.01. The molecule has 0 amide bonds. The lowest BCUT2D eigenvalue weighted by Crippen LogP contribution is -2.16. The smallest absolute Gasteiger partial charge is 0.161 e. The van der Waals surface area contributed by atoms with Crippen LogP contribution in [0.5, 0.6) is 11.5 Å². The number of hydrogen-bond acceptors (Lipinski definition) is 3. The van der Waals surface area contributed by atoms with E-state index in [1.54, 1.807) is 7.11 Å². The molecule has 0 unspecified atom stereocenters. The zero-order valence-corrected chi connectivity index (χ0v) is 14.5. The van der Waals surface area contributed by atoms with Crippen LogP contribution in [0, 0.1) is 0 Å². The number of methoxy groups -OCH3 is 1. The standard InChI is InChI=1S/C21H25NO2/c1-3-4-12-24-21-15-18-17(14-20(21)23-2)10-11-22-19(18)13-16-8-6-5-7-9-16/h5-9,14-15H,3-4,10-13H2,1-2H3. The van der Waals surface area contributed by atoms with Gasteiger partial charge in [0.1, 0.15) is 0 Å². The molecule has 0 saturated carbocycles. The second kappa shape index (κ2) is 8.00. The summed E-state index contributed by atoms with van der Waals surface area (Å²) in [5, 5.41) is 0. The summed E-state index contributed by atoms with van der Waals surface area (Å²) in [5.74, 6) is 1.65. The maximum absolute atomic E-state index is 5.95. The highest BCUT2D eigenvalue weighted by atomic mass is 16.5. The minimum atomic E-state index is 0.719. The number of rotatable bonds is 7. The van der Waals surface area contributed by atoms with Gasteiger partial charge in [-0.25, -0.2) is 0 Å². The van der Waals surface area contributed by atoms with Crippen molar-refractivity contribution >= 4 is 5.71 Å². The van der Waals surface area contributed by atoms with Gasteiger partial charge >= 0.3 is 0 Å². The molecule has 3 nitrogen and oxygen atoms in total. The molecule has 0 radical (unpaired) electrons. The highest BCUT2D eigenvalue weighted by Crippen LogP contribution is 2.33. The number of hydrogen-bond donors (Lipinski definition) is 0. The van der Waals surface area contributed by atoms with E-state index in [0.29, 0.717) is 0 Å². The zero-order valence-electron chi connectivity index (χ0n) is 14.5. The molecule has 0 saturated heterocycles. The van der Waals surface area contributed by atoms with Crippen LogP contribution in [0.15, 0.2) is 47.5 Å². The molecule has 0 N–H and O–H groups in total. The van der Waals surface area contributed by atoms with Crippen molar-refractivity contribution in [1.29, 1.82) is 0 Å². The summed E-state index contributed by atoms with van der Waals surface area (Å²) in [6, 6.07) is 14.7. The SMILES string of the molecule is CCCCOc1cc2c(cc1OC)CCN=C2Cc1ccccc1. The van der Waals surface area contributed by atoms with Crippen molar-refractivity contribution in [3.63, 3.8) is 0 Å². The van der Waals surface area contributed by atoms with Gasteiger partial charge in [0.15, 0.2) is 11.5 Å². The predicted molar refractivity (Wildman–Crippen MR) is 98.7 cm³/mol. The van der Waals surface area contributed by atoms with Crippen molar-refractivity contribution in [2.45, 2.75) is 32.6 Å². The van der Waals surface area contributed by atoms with E-state index in [0.717, 1.165) is 56.0 Å². The lowest BCUT2D eigenvalue weighted by Gasteiger charge is -2.20. The van der Waals surface area contributed by atoms with Gasteiger partial charge in [-0.15, -0.1) is 0 Å². The maximum atomic E-state index is 5.95. The predicted octanol–water partition coefficient (Wildman–Crippen LogP) is 4.46. The molecule has 2 aromatic carbocycles. The summed E-state index contributed by atoms with van der Waals surface area (Å²) in [6.07, 6.45) is 3.98. The molecule has 1 heterocycles. The average Bonchev–Trinajstić information content (AvgIpc) is 2.62. The third-order valence-corrected chi connectivity index (χ3v) is 4.35. The van der Waals surface area contributed by atoms with Crippen LogP contribution in [0.1, 0.15) is 36.5 Å². The Kier molecular flexibility index (Phi) is 5.52. The molecule has 24 heavy (non-hydrogen) atoms. The highest BCUT2D eigenvalue weighted by Gasteiger charge is 2.19. The molecule has 0 bridgehead atoms. The van der Waals surface area contributed by atoms with Gasteiger partial charge in [-0.05, 0) is 36.1 Å². The van der Waals surface area contributed by atoms with Gasteiger partial charge in [-0.3, -0.25) is 4.99 Å². The first kappa shape index (κ1) is 16.6. The minimum absolute atomic E-state index is 0.719. The van der Waals surface area contributed by atoms with E-state index in [1.165, 1.54) is 16.7 Å². The van der Waals surface area contributed by atoms with E-state index in [-0.39, 0.29) is 0 Å². The van der Waals surface area contributed by atoms with Crippen molar-refractivity contribution in [2.24, 2.45) is 4.99 Å². The van der Waals surface area contributed by atoms with Gasteiger partial charge in [0.05, 0.1) is 13.7 Å². The van der Waals surface area contributed by atoms with Crippen LogP contribution in [0.25, 0.3) is 0 Å². The second-order valence-electron chi connectivity index (χ2n) is 6.10. The Balaban J connectivity index is 1.88. The highest BCUT2D eigenvalue weighted by molar-refractivity contribution is 6.04. The Morgan fingerprint density at radius 2 is 1.92 bits per heavy atom. The third kappa shape index (κ3) is 3.78. The zero-order chi connectivity index (χ0) is 16.8. The summed E-state index contributed by atoms with van der Waals surface area (Å²) in [5.41, 5.74) is 4.94. The average molecular weight is 323 g/mol. The third-order valence-electron chi connectivity index (χ3n) is 4.35. The number of unbranched alkanes of at least 4 members (excludes halogenated alkanes) is 1. The van der Waals surface area contributed by atoms with Gasteiger partial charge in [0, 0.05) is 24.2 Å². The molecule has 2 aromatic rings. The normalized spacial score (nSPS) is 13.2. The quantitative estimate of drug-likeness (QED) is 0.704. The fourth-order valence-corrected chi connectivity index (χ4v) is 3.01. The molecule has 0 spiro atoms. The molecular weight excluding hydrogens is 298 g/mol. The molecule has 3 rings (SSSR count). The van der Waals surface area contributed by atoms with E-state index in [2.05, 4.69) is 43.3 Å². The molecule has 126 valence electrons. The molecule has 1 aliphatic rings. The molecule has 1 aliphatic heterocycles. The Bertz CT molecular complexity index is 707. The fraction of sp³-hybridized carbons (Fsp3) is 0.381. The van der Waals surface area contributed by atoms with Gasteiger partial charge in [-0.1, -0.05) is 43.7 Å². The number of aliphatic imine (C=N–C) groups is 1. The number of nitrogens with zero attached hydrogens (tertiary/aromatic N) is 1. The monoisotopic (exact) mass is 323 g/mol. The van der Waals surface area contributed by atoms with E-state index >= 15 is 0 Å². The summed E-state index contributed by atoms with van der Waals surface area (Å²) in [4.78, 5) is 4.78. The second-order valence-corrected chi connectivity index (χ2v) is 6.10. The lowest BCUT2D eigenvalue weighted by molar-refractivity contribution is 0.288. The van der Waals surface area contributed by atoms with Crippen molar-refractivity contribution < 1.29 is 9.47 Å². The molecule has 0 fully saturated rings. The molecular formula is C21H25NO2. The van der Waals surface area contributed by atoms with Gasteiger partial charge < -0.3 is 9.47 Å². The van der Waals surface area contributed by atoms with Crippen LogP contribution in [-0.2, 0) is 12.8 Å². The number of ether oxygens (including phenoxy) is 2. The largest absolute Gasteiger partial charge is 0.493 e. The lowest BCUT2D eigenvalue weighted by atomic mass is 9.93. The van der Waals surface area contributed by atoms with Gasteiger partial charge in [0.25, 0.3) is 0 Å². The molecule has 3 heteroatoms. The maximum Gasteiger partial charge on any atom is 0.161 e. The summed E-state index contributed by atoms with van der Waals surface area (Å²) in [7, 11) is 1.70. The van der Waals surface area contributed by atoms with Crippen LogP contribution >= 0.6 is 0 Å². The van der Waals surface area contributed by atoms with Crippen LogP contribution in [0.3, 0.4) is 0 Å². The van der Waals surface area contributed by atoms with E-state index < -0.39 is 0 Å².